The van der Waals surface area contributed by atoms with Gasteiger partial charge in [-0.3, -0.25) is 14.6 Å². The van der Waals surface area contributed by atoms with Gasteiger partial charge in [-0.15, -0.1) is 0 Å². The lowest BCUT2D eigenvalue weighted by atomic mass is 9.95. The second-order valence-electron chi connectivity index (χ2n) is 5.62. The first-order valence-corrected chi connectivity index (χ1v) is 7.64. The summed E-state index contributed by atoms with van der Waals surface area (Å²) in [4.78, 5) is 24.5. The van der Waals surface area contributed by atoms with Crippen LogP contribution >= 0.6 is 0 Å². The number of hydrogen-bond acceptors (Lipinski definition) is 4. The highest BCUT2D eigenvalue weighted by atomic mass is 16.5. The van der Waals surface area contributed by atoms with E-state index in [9.17, 15) is 9.59 Å². The number of benzene rings is 1. The standard InChI is InChI=1S/C17H26N2O3/c1-5-6-10-13-17(2,16(21)22-4)18-19(3)15(20)14-11-8-7-9-12-14/h7-9,11-12,18H,5-6,10,13H2,1-4H3. The zero-order chi connectivity index (χ0) is 16.6. The van der Waals surface area contributed by atoms with Gasteiger partial charge < -0.3 is 4.74 Å². The molecule has 0 aliphatic carbocycles. The normalized spacial score (nSPS) is 13.3. The number of amides is 1. The molecule has 5 nitrogen and oxygen atoms in total. The molecule has 22 heavy (non-hydrogen) atoms. The van der Waals surface area contributed by atoms with Gasteiger partial charge in [-0.2, -0.15) is 0 Å². The zero-order valence-corrected chi connectivity index (χ0v) is 13.9. The Morgan fingerprint density at radius 1 is 1.23 bits per heavy atom. The van der Waals surface area contributed by atoms with Crippen LogP contribution in [0.1, 0.15) is 49.9 Å². The summed E-state index contributed by atoms with van der Waals surface area (Å²) in [7, 11) is 2.98. The molecular weight excluding hydrogens is 280 g/mol. The lowest BCUT2D eigenvalue weighted by molar-refractivity contribution is -0.150. The Morgan fingerprint density at radius 2 is 1.86 bits per heavy atom. The summed E-state index contributed by atoms with van der Waals surface area (Å²) in [5, 5.41) is 1.36. The number of nitrogens with zero attached hydrogens (tertiary/aromatic N) is 1. The molecule has 1 aromatic rings. The maximum absolute atomic E-state index is 12.4. The van der Waals surface area contributed by atoms with E-state index in [4.69, 9.17) is 4.74 Å². The van der Waals surface area contributed by atoms with Crippen LogP contribution in [0.15, 0.2) is 30.3 Å². The highest BCUT2D eigenvalue weighted by molar-refractivity contribution is 5.94. The molecular formula is C17H26N2O3. The van der Waals surface area contributed by atoms with Crippen LogP contribution in [0.4, 0.5) is 0 Å². The smallest absolute Gasteiger partial charge is 0.327 e. The number of nitrogens with one attached hydrogen (secondary N) is 1. The van der Waals surface area contributed by atoms with E-state index in [1.54, 1.807) is 26.1 Å². The molecule has 0 radical (unpaired) electrons. The Morgan fingerprint density at radius 3 is 2.41 bits per heavy atom. The molecule has 0 aliphatic rings. The van der Waals surface area contributed by atoms with E-state index in [0.29, 0.717) is 12.0 Å². The molecule has 1 unspecified atom stereocenters. The number of carbonyl (C=O) groups is 2. The van der Waals surface area contributed by atoms with Gasteiger partial charge in [0.25, 0.3) is 5.91 Å². The fourth-order valence-corrected chi connectivity index (χ4v) is 2.35. The summed E-state index contributed by atoms with van der Waals surface area (Å²) in [5.74, 6) is -0.553. The number of hydrogen-bond donors (Lipinski definition) is 1. The average Bonchev–Trinajstić information content (AvgIpc) is 2.54. The number of unbranched alkanes of at least 4 members (excludes halogenated alkanes) is 2. The summed E-state index contributed by atoms with van der Waals surface area (Å²) >= 11 is 0. The van der Waals surface area contributed by atoms with Crippen molar-refractivity contribution in [3.8, 4) is 0 Å². The van der Waals surface area contributed by atoms with Gasteiger partial charge in [0, 0.05) is 12.6 Å². The van der Waals surface area contributed by atoms with Crippen LogP contribution in [-0.4, -0.2) is 36.6 Å². The molecule has 0 saturated heterocycles. The molecule has 1 N–H and O–H groups in total. The monoisotopic (exact) mass is 306 g/mol. The van der Waals surface area contributed by atoms with Gasteiger partial charge in [-0.1, -0.05) is 44.4 Å². The summed E-state index contributed by atoms with van der Waals surface area (Å²) < 4.78 is 4.89. The molecule has 1 atom stereocenters. The molecule has 0 saturated carbocycles. The Labute approximate surface area is 132 Å². The lowest BCUT2D eigenvalue weighted by Gasteiger charge is -2.33. The van der Waals surface area contributed by atoms with Crippen LogP contribution in [-0.2, 0) is 9.53 Å². The van der Waals surface area contributed by atoms with Crippen molar-refractivity contribution in [1.29, 1.82) is 0 Å². The van der Waals surface area contributed by atoms with Crippen LogP contribution in [0.2, 0.25) is 0 Å². The van der Waals surface area contributed by atoms with Crippen molar-refractivity contribution in [1.82, 2.24) is 10.4 Å². The third kappa shape index (κ3) is 4.84. The molecule has 5 heteroatoms. The summed E-state index contributed by atoms with van der Waals surface area (Å²) in [6.45, 7) is 3.87. The predicted octanol–water partition coefficient (Wildman–Crippen LogP) is 2.78. The van der Waals surface area contributed by atoms with Gasteiger partial charge in [0.05, 0.1) is 7.11 Å². The van der Waals surface area contributed by atoms with Gasteiger partial charge in [0.1, 0.15) is 5.54 Å². The van der Waals surface area contributed by atoms with E-state index < -0.39 is 5.54 Å². The minimum Gasteiger partial charge on any atom is -0.468 e. The Bertz CT molecular complexity index is 490. The molecule has 1 rings (SSSR count). The minimum atomic E-state index is -0.914. The number of rotatable bonds is 8. The summed E-state index contributed by atoms with van der Waals surface area (Å²) in [5.41, 5.74) is 2.66. The molecule has 0 heterocycles. The van der Waals surface area contributed by atoms with Gasteiger partial charge in [0.2, 0.25) is 0 Å². The number of hydrazine groups is 1. The number of methoxy groups -OCH3 is 1. The van der Waals surface area contributed by atoms with Crippen molar-refractivity contribution >= 4 is 11.9 Å². The average molecular weight is 306 g/mol. The molecule has 0 bridgehead atoms. The maximum atomic E-state index is 12.4. The molecule has 0 aromatic heterocycles. The van der Waals surface area contributed by atoms with E-state index in [2.05, 4.69) is 12.3 Å². The van der Waals surface area contributed by atoms with E-state index in [1.165, 1.54) is 12.1 Å². The van der Waals surface area contributed by atoms with Gasteiger partial charge in [-0.05, 0) is 25.5 Å². The fraction of sp³-hybridized carbons (Fsp3) is 0.529. The van der Waals surface area contributed by atoms with Crippen LogP contribution in [0.5, 0.6) is 0 Å². The maximum Gasteiger partial charge on any atom is 0.327 e. The fourth-order valence-electron chi connectivity index (χ4n) is 2.35. The summed E-state index contributed by atoms with van der Waals surface area (Å²) in [6.07, 6.45) is 3.60. The first-order valence-electron chi connectivity index (χ1n) is 7.64. The van der Waals surface area contributed by atoms with Crippen molar-refractivity contribution in [3.63, 3.8) is 0 Å². The first-order chi connectivity index (χ1) is 10.4. The Hall–Kier alpha value is -1.88. The van der Waals surface area contributed by atoms with Crippen molar-refractivity contribution in [3.05, 3.63) is 35.9 Å². The van der Waals surface area contributed by atoms with Crippen LogP contribution in [0, 0.1) is 0 Å². The number of ether oxygens (including phenoxy) is 1. The second-order valence-corrected chi connectivity index (χ2v) is 5.62. The quantitative estimate of drug-likeness (QED) is 0.456. The SMILES string of the molecule is CCCCCC(C)(NN(C)C(=O)c1ccccc1)C(=O)OC. The number of esters is 1. The van der Waals surface area contributed by atoms with Crippen LogP contribution < -0.4 is 5.43 Å². The van der Waals surface area contributed by atoms with Gasteiger partial charge in [-0.25, -0.2) is 5.43 Å². The van der Waals surface area contributed by atoms with Crippen LogP contribution in [0.3, 0.4) is 0 Å². The van der Waals surface area contributed by atoms with E-state index in [0.717, 1.165) is 19.3 Å². The van der Waals surface area contributed by atoms with E-state index in [-0.39, 0.29) is 11.9 Å². The Balaban J connectivity index is 2.80. The first kappa shape index (κ1) is 18.2. The highest BCUT2D eigenvalue weighted by Crippen LogP contribution is 2.18. The van der Waals surface area contributed by atoms with Crippen LogP contribution in [0.25, 0.3) is 0 Å². The van der Waals surface area contributed by atoms with E-state index in [1.807, 2.05) is 18.2 Å². The third-order valence-electron chi connectivity index (χ3n) is 3.66. The summed E-state index contributed by atoms with van der Waals surface area (Å²) in [6, 6.07) is 8.96. The lowest BCUT2D eigenvalue weighted by Crippen LogP contribution is -2.58. The van der Waals surface area contributed by atoms with Gasteiger partial charge in [0.15, 0.2) is 0 Å². The third-order valence-corrected chi connectivity index (χ3v) is 3.66. The predicted molar refractivity (Wildman–Crippen MR) is 86.2 cm³/mol. The van der Waals surface area contributed by atoms with Gasteiger partial charge >= 0.3 is 5.97 Å². The zero-order valence-electron chi connectivity index (χ0n) is 13.9. The molecule has 0 spiro atoms. The Kier molecular flexibility index (Phi) is 7.05. The second kappa shape index (κ2) is 8.54. The topological polar surface area (TPSA) is 58.6 Å². The highest BCUT2D eigenvalue weighted by Gasteiger charge is 2.36. The molecule has 122 valence electrons. The van der Waals surface area contributed by atoms with Crippen molar-refractivity contribution in [2.75, 3.05) is 14.2 Å². The van der Waals surface area contributed by atoms with Crippen molar-refractivity contribution in [2.24, 2.45) is 0 Å². The van der Waals surface area contributed by atoms with Crippen molar-refractivity contribution in [2.45, 2.75) is 45.1 Å². The van der Waals surface area contributed by atoms with Crippen molar-refractivity contribution < 1.29 is 14.3 Å². The number of carbonyl (C=O) groups excluding carboxylic acids is 2. The molecule has 0 fully saturated rings. The van der Waals surface area contributed by atoms with E-state index >= 15 is 0 Å². The largest absolute Gasteiger partial charge is 0.468 e. The molecule has 1 aromatic carbocycles. The molecule has 1 amide bonds. The molecule has 0 aliphatic heterocycles. The minimum absolute atomic E-state index is 0.189.